The van der Waals surface area contributed by atoms with Gasteiger partial charge in [-0.3, -0.25) is 0 Å². The summed E-state index contributed by atoms with van der Waals surface area (Å²) in [4.78, 5) is 1.32. The van der Waals surface area contributed by atoms with Crippen LogP contribution in [0.25, 0.3) is 21.7 Å². The summed E-state index contributed by atoms with van der Waals surface area (Å²) < 4.78 is 1.35. The van der Waals surface area contributed by atoms with Gasteiger partial charge in [0, 0.05) is 9.58 Å². The van der Waals surface area contributed by atoms with E-state index in [-0.39, 0.29) is 0 Å². The quantitative estimate of drug-likeness (QED) is 0.566. The number of benzene rings is 2. The van der Waals surface area contributed by atoms with Crippen molar-refractivity contribution in [3.8, 4) is 0 Å². The molecule has 1 heterocycles. The molecule has 18 heavy (non-hydrogen) atoms. The molecule has 0 radical (unpaired) electrons. The Balaban J connectivity index is 2.00. The summed E-state index contributed by atoms with van der Waals surface area (Å²) in [6.45, 7) is 2.17. The van der Waals surface area contributed by atoms with Crippen molar-refractivity contribution in [2.75, 3.05) is 0 Å². The van der Waals surface area contributed by atoms with Crippen molar-refractivity contribution in [1.29, 1.82) is 0 Å². The number of hydrogen-bond donors (Lipinski definition) is 0. The highest BCUT2D eigenvalue weighted by atomic mass is 32.1. The molecule has 0 saturated heterocycles. The maximum absolute atomic E-state index is 2.26. The van der Waals surface area contributed by atoms with Crippen LogP contribution in [0.15, 0.2) is 60.7 Å². The van der Waals surface area contributed by atoms with Gasteiger partial charge in [-0.05, 0) is 41.7 Å². The third kappa shape index (κ3) is 2.22. The molecule has 0 aliphatic carbocycles. The maximum atomic E-state index is 2.26. The van der Waals surface area contributed by atoms with Crippen LogP contribution >= 0.6 is 11.3 Å². The van der Waals surface area contributed by atoms with Crippen molar-refractivity contribution in [3.05, 3.63) is 71.1 Å². The van der Waals surface area contributed by atoms with E-state index in [1.807, 2.05) is 11.3 Å². The van der Waals surface area contributed by atoms with E-state index in [1.54, 1.807) is 0 Å². The molecule has 0 atom stereocenters. The van der Waals surface area contributed by atoms with E-state index in [0.717, 1.165) is 0 Å². The zero-order valence-electron chi connectivity index (χ0n) is 10.3. The molecule has 0 aliphatic heterocycles. The fraction of sp³-hybridized carbons (Fsp3) is 0.0588. The van der Waals surface area contributed by atoms with Crippen molar-refractivity contribution in [3.63, 3.8) is 0 Å². The highest BCUT2D eigenvalue weighted by Crippen LogP contribution is 2.28. The van der Waals surface area contributed by atoms with Crippen LogP contribution in [0, 0.1) is 0 Å². The molecule has 2 aromatic carbocycles. The van der Waals surface area contributed by atoms with Gasteiger partial charge in [-0.2, -0.15) is 0 Å². The monoisotopic (exact) mass is 250 g/mol. The molecule has 1 heteroatoms. The lowest BCUT2D eigenvalue weighted by Crippen LogP contribution is -1.76. The molecule has 3 rings (SSSR count). The van der Waals surface area contributed by atoms with Crippen molar-refractivity contribution in [2.45, 2.75) is 6.92 Å². The average Bonchev–Trinajstić information content (AvgIpc) is 2.82. The van der Waals surface area contributed by atoms with Crippen molar-refractivity contribution < 1.29 is 0 Å². The van der Waals surface area contributed by atoms with Gasteiger partial charge in [-0.25, -0.2) is 0 Å². The molecule has 0 amide bonds. The summed E-state index contributed by atoms with van der Waals surface area (Å²) in [5.74, 6) is 0. The molecule has 0 spiro atoms. The van der Waals surface area contributed by atoms with Crippen molar-refractivity contribution in [2.24, 2.45) is 0 Å². The van der Waals surface area contributed by atoms with Crippen LogP contribution in [0.5, 0.6) is 0 Å². The second kappa shape index (κ2) is 4.79. The second-order valence-electron chi connectivity index (χ2n) is 4.38. The van der Waals surface area contributed by atoms with Crippen molar-refractivity contribution >= 4 is 33.1 Å². The first-order valence-corrected chi connectivity index (χ1v) is 6.87. The Morgan fingerprint density at radius 1 is 0.944 bits per heavy atom. The number of fused-ring (bicyclic) bond motifs is 1. The molecule has 88 valence electrons. The standard InChI is InChI=1S/C17H14S/c1-13(14-7-3-2-4-8-14)11-16-12-15-9-5-6-10-17(15)18-16/h2-12H,1H3/b13-11+. The van der Waals surface area contributed by atoms with Crippen LogP contribution in [0.3, 0.4) is 0 Å². The third-order valence-electron chi connectivity index (χ3n) is 3.03. The summed E-state index contributed by atoms with van der Waals surface area (Å²) in [7, 11) is 0. The SMILES string of the molecule is C/C(=C\c1cc2ccccc2s1)c1ccccc1. The first kappa shape index (κ1) is 11.2. The van der Waals surface area contributed by atoms with Crippen LogP contribution < -0.4 is 0 Å². The molecule has 0 bridgehead atoms. The average molecular weight is 250 g/mol. The molecule has 0 nitrogen and oxygen atoms in total. The molecule has 3 aromatic rings. The molecular formula is C17H14S. The van der Waals surface area contributed by atoms with Crippen LogP contribution in [0.1, 0.15) is 17.4 Å². The van der Waals surface area contributed by atoms with Crippen LogP contribution in [0.2, 0.25) is 0 Å². The molecule has 0 saturated carbocycles. The lowest BCUT2D eigenvalue weighted by molar-refractivity contribution is 1.58. The number of rotatable bonds is 2. The Kier molecular flexibility index (Phi) is 2.99. The first-order valence-electron chi connectivity index (χ1n) is 6.05. The summed E-state index contributed by atoms with van der Waals surface area (Å²) in [6, 6.07) is 21.3. The minimum Gasteiger partial charge on any atom is -0.136 e. The van der Waals surface area contributed by atoms with E-state index in [9.17, 15) is 0 Å². The molecule has 0 aliphatic rings. The Morgan fingerprint density at radius 2 is 1.67 bits per heavy atom. The largest absolute Gasteiger partial charge is 0.136 e. The topological polar surface area (TPSA) is 0 Å². The van der Waals surface area contributed by atoms with E-state index in [4.69, 9.17) is 0 Å². The van der Waals surface area contributed by atoms with Crippen LogP contribution in [0.4, 0.5) is 0 Å². The second-order valence-corrected chi connectivity index (χ2v) is 5.50. The van der Waals surface area contributed by atoms with Crippen LogP contribution in [-0.4, -0.2) is 0 Å². The van der Waals surface area contributed by atoms with E-state index < -0.39 is 0 Å². The lowest BCUT2D eigenvalue weighted by Gasteiger charge is -1.99. The van der Waals surface area contributed by atoms with E-state index in [2.05, 4.69) is 73.7 Å². The minimum atomic E-state index is 1.29. The van der Waals surface area contributed by atoms with Gasteiger partial charge in [0.25, 0.3) is 0 Å². The summed E-state index contributed by atoms with van der Waals surface area (Å²) in [6.07, 6.45) is 2.26. The smallest absolute Gasteiger partial charge is 0.0349 e. The number of allylic oxidation sites excluding steroid dienone is 1. The number of thiophene rings is 1. The predicted molar refractivity (Wildman–Crippen MR) is 81.8 cm³/mol. The highest BCUT2D eigenvalue weighted by molar-refractivity contribution is 7.19. The molecule has 0 N–H and O–H groups in total. The molecule has 0 unspecified atom stereocenters. The lowest BCUT2D eigenvalue weighted by atomic mass is 10.1. The van der Waals surface area contributed by atoms with Gasteiger partial charge in [0.1, 0.15) is 0 Å². The van der Waals surface area contributed by atoms with E-state index >= 15 is 0 Å². The Hall–Kier alpha value is -1.86. The van der Waals surface area contributed by atoms with E-state index in [0.29, 0.717) is 0 Å². The van der Waals surface area contributed by atoms with Gasteiger partial charge in [-0.15, -0.1) is 11.3 Å². The Labute approximate surface area is 111 Å². The highest BCUT2D eigenvalue weighted by Gasteiger charge is 2.00. The summed E-state index contributed by atoms with van der Waals surface area (Å²) in [5.41, 5.74) is 2.59. The molecule has 1 aromatic heterocycles. The van der Waals surface area contributed by atoms with Gasteiger partial charge < -0.3 is 0 Å². The van der Waals surface area contributed by atoms with Gasteiger partial charge in [-0.1, -0.05) is 48.5 Å². The zero-order chi connectivity index (χ0) is 12.4. The number of hydrogen-bond acceptors (Lipinski definition) is 1. The molecular weight excluding hydrogens is 236 g/mol. The fourth-order valence-corrected chi connectivity index (χ4v) is 3.14. The van der Waals surface area contributed by atoms with Gasteiger partial charge in [0.15, 0.2) is 0 Å². The van der Waals surface area contributed by atoms with E-state index in [1.165, 1.54) is 26.1 Å². The van der Waals surface area contributed by atoms with Gasteiger partial charge >= 0.3 is 0 Å². The zero-order valence-corrected chi connectivity index (χ0v) is 11.1. The van der Waals surface area contributed by atoms with Gasteiger partial charge in [0.05, 0.1) is 0 Å². The third-order valence-corrected chi connectivity index (χ3v) is 4.10. The maximum Gasteiger partial charge on any atom is 0.0349 e. The summed E-state index contributed by atoms with van der Waals surface area (Å²) >= 11 is 1.84. The summed E-state index contributed by atoms with van der Waals surface area (Å²) in [5, 5.41) is 1.33. The predicted octanol–water partition coefficient (Wildman–Crippen LogP) is 5.46. The Bertz CT molecular complexity index is 657. The van der Waals surface area contributed by atoms with Crippen molar-refractivity contribution in [1.82, 2.24) is 0 Å². The van der Waals surface area contributed by atoms with Crippen LogP contribution in [-0.2, 0) is 0 Å². The minimum absolute atomic E-state index is 1.29. The fourth-order valence-electron chi connectivity index (χ4n) is 2.07. The Morgan fingerprint density at radius 3 is 2.44 bits per heavy atom. The molecule has 0 fully saturated rings. The first-order chi connectivity index (χ1) is 8.83. The van der Waals surface area contributed by atoms with Gasteiger partial charge in [0.2, 0.25) is 0 Å². The normalized spacial score (nSPS) is 11.9.